The van der Waals surface area contributed by atoms with Crippen molar-refractivity contribution in [3.05, 3.63) is 89.0 Å². The van der Waals surface area contributed by atoms with Gasteiger partial charge in [-0.15, -0.1) is 0 Å². The van der Waals surface area contributed by atoms with E-state index in [1.54, 1.807) is 36.4 Å². The number of rotatable bonds is 7. The molecule has 0 spiro atoms. The lowest BCUT2D eigenvalue weighted by Gasteiger charge is -2.27. The molecule has 8 heteroatoms. The molecule has 0 saturated carbocycles. The molecule has 0 saturated heterocycles. The van der Waals surface area contributed by atoms with Gasteiger partial charge in [-0.1, -0.05) is 50.2 Å². The van der Waals surface area contributed by atoms with Crippen LogP contribution in [0.3, 0.4) is 0 Å². The van der Waals surface area contributed by atoms with Crippen LogP contribution in [-0.2, 0) is 10.0 Å². The molecule has 1 unspecified atom stereocenters. The first kappa shape index (κ1) is 24.3. The summed E-state index contributed by atoms with van der Waals surface area (Å²) in [5.41, 5.74) is 3.00. The Kier molecular flexibility index (Phi) is 6.58. The van der Waals surface area contributed by atoms with Crippen LogP contribution < -0.4 is 10.0 Å². The Morgan fingerprint density at radius 1 is 0.971 bits per heavy atom. The molecule has 0 aliphatic carbocycles. The zero-order chi connectivity index (χ0) is 25.3. The fourth-order valence-electron chi connectivity index (χ4n) is 4.01. The molecule has 7 nitrogen and oxygen atoms in total. The molecule has 1 heterocycles. The van der Waals surface area contributed by atoms with Crippen molar-refractivity contribution in [2.75, 3.05) is 10.0 Å². The summed E-state index contributed by atoms with van der Waals surface area (Å²) in [6, 6.07) is 17.5. The Hall–Kier alpha value is -3.78. The van der Waals surface area contributed by atoms with Crippen LogP contribution in [0.1, 0.15) is 69.9 Å². The van der Waals surface area contributed by atoms with Crippen LogP contribution >= 0.6 is 0 Å². The van der Waals surface area contributed by atoms with E-state index in [0.717, 1.165) is 5.56 Å². The van der Waals surface area contributed by atoms with Crippen LogP contribution in [0.2, 0.25) is 0 Å². The average molecular weight is 491 g/mol. The summed E-state index contributed by atoms with van der Waals surface area (Å²) in [4.78, 5) is 36.7. The van der Waals surface area contributed by atoms with E-state index < -0.39 is 10.0 Å². The van der Waals surface area contributed by atoms with Gasteiger partial charge in [-0.05, 0) is 42.8 Å². The van der Waals surface area contributed by atoms with Crippen molar-refractivity contribution in [1.82, 2.24) is 0 Å². The molecule has 0 fully saturated rings. The predicted octanol–water partition coefficient (Wildman–Crippen LogP) is 5.27. The van der Waals surface area contributed by atoms with Gasteiger partial charge in [-0.2, -0.15) is 0 Å². The molecule has 0 bridgehead atoms. The SMILES string of the molecule is CC(=O)c1cccc(NS(=O)(=O)c2ccc3c(c2)C(=O)CC(c2ccc(C(=O)C(C)C)cc2)N3)c1. The zero-order valence-electron chi connectivity index (χ0n) is 19.7. The van der Waals surface area contributed by atoms with Gasteiger partial charge in [-0.3, -0.25) is 19.1 Å². The van der Waals surface area contributed by atoms with Crippen LogP contribution in [0.15, 0.2) is 71.6 Å². The summed E-state index contributed by atoms with van der Waals surface area (Å²) in [7, 11) is -3.97. The second-order valence-electron chi connectivity index (χ2n) is 8.92. The third-order valence-corrected chi connectivity index (χ3v) is 7.34. The molecule has 0 radical (unpaired) electrons. The zero-order valence-corrected chi connectivity index (χ0v) is 20.5. The first-order valence-electron chi connectivity index (χ1n) is 11.3. The monoisotopic (exact) mass is 490 g/mol. The Morgan fingerprint density at radius 3 is 2.34 bits per heavy atom. The topological polar surface area (TPSA) is 109 Å². The summed E-state index contributed by atoms with van der Waals surface area (Å²) in [6.07, 6.45) is 0.155. The molecule has 3 aromatic rings. The standard InChI is InChI=1S/C27H26N2O5S/c1-16(2)27(32)19-9-7-18(8-10-19)25-15-26(31)23-14-22(11-12-24(23)28-25)35(33,34)29-21-6-4-5-20(13-21)17(3)30/h4-14,16,25,28-29H,15H2,1-3H3. The Balaban J connectivity index is 1.55. The Labute approximate surface area is 204 Å². The minimum absolute atomic E-state index is 0.0466. The number of benzene rings is 3. The maximum Gasteiger partial charge on any atom is 0.261 e. The van der Waals surface area contributed by atoms with Crippen molar-refractivity contribution >= 4 is 38.7 Å². The molecule has 0 amide bonds. The second-order valence-corrected chi connectivity index (χ2v) is 10.6. The van der Waals surface area contributed by atoms with Crippen molar-refractivity contribution in [3.8, 4) is 0 Å². The normalized spacial score (nSPS) is 15.3. The maximum absolute atomic E-state index is 12.9. The molecular formula is C27H26N2O5S. The van der Waals surface area contributed by atoms with Crippen LogP contribution in [0, 0.1) is 5.92 Å². The van der Waals surface area contributed by atoms with E-state index in [-0.39, 0.29) is 46.3 Å². The van der Waals surface area contributed by atoms with Crippen LogP contribution in [0.25, 0.3) is 0 Å². The lowest BCUT2D eigenvalue weighted by molar-refractivity contribution is 0.0936. The van der Waals surface area contributed by atoms with Crippen LogP contribution in [-0.4, -0.2) is 25.8 Å². The van der Waals surface area contributed by atoms with E-state index in [9.17, 15) is 22.8 Å². The van der Waals surface area contributed by atoms with Crippen molar-refractivity contribution < 1.29 is 22.8 Å². The molecule has 35 heavy (non-hydrogen) atoms. The minimum atomic E-state index is -3.97. The van der Waals surface area contributed by atoms with Crippen molar-refractivity contribution in [1.29, 1.82) is 0 Å². The Morgan fingerprint density at radius 2 is 1.69 bits per heavy atom. The van der Waals surface area contributed by atoms with E-state index in [0.29, 0.717) is 22.4 Å². The number of carbonyl (C=O) groups is 3. The lowest BCUT2D eigenvalue weighted by Crippen LogP contribution is -2.24. The highest BCUT2D eigenvalue weighted by molar-refractivity contribution is 7.92. The van der Waals surface area contributed by atoms with Gasteiger partial charge in [0.2, 0.25) is 0 Å². The predicted molar refractivity (Wildman–Crippen MR) is 135 cm³/mol. The highest BCUT2D eigenvalue weighted by Gasteiger charge is 2.28. The van der Waals surface area contributed by atoms with Gasteiger partial charge >= 0.3 is 0 Å². The minimum Gasteiger partial charge on any atom is -0.377 e. The van der Waals surface area contributed by atoms with Crippen molar-refractivity contribution in [2.45, 2.75) is 38.1 Å². The fraction of sp³-hybridized carbons (Fsp3) is 0.222. The van der Waals surface area contributed by atoms with Gasteiger partial charge in [-0.25, -0.2) is 8.42 Å². The number of sulfonamides is 1. The third kappa shape index (κ3) is 5.17. The smallest absolute Gasteiger partial charge is 0.261 e. The summed E-state index contributed by atoms with van der Waals surface area (Å²) < 4.78 is 28.4. The van der Waals surface area contributed by atoms with Gasteiger partial charge in [0, 0.05) is 40.4 Å². The first-order chi connectivity index (χ1) is 16.5. The fourth-order valence-corrected chi connectivity index (χ4v) is 5.09. The molecule has 3 aromatic carbocycles. The number of carbonyl (C=O) groups excluding carboxylic acids is 3. The number of Topliss-reactive ketones (excluding diaryl/α,β-unsaturated/α-hetero) is 3. The number of anilines is 2. The molecular weight excluding hydrogens is 464 g/mol. The first-order valence-corrected chi connectivity index (χ1v) is 12.8. The van der Waals surface area contributed by atoms with Gasteiger partial charge in [0.1, 0.15) is 0 Å². The van der Waals surface area contributed by atoms with Gasteiger partial charge in [0.05, 0.1) is 10.9 Å². The molecule has 1 atom stereocenters. The summed E-state index contributed by atoms with van der Waals surface area (Å²) in [6.45, 7) is 5.10. The molecule has 0 aromatic heterocycles. The number of fused-ring (bicyclic) bond motifs is 1. The molecule has 2 N–H and O–H groups in total. The quantitative estimate of drug-likeness (QED) is 0.437. The van der Waals surface area contributed by atoms with Crippen LogP contribution in [0.4, 0.5) is 11.4 Å². The van der Waals surface area contributed by atoms with E-state index in [4.69, 9.17) is 0 Å². The highest BCUT2D eigenvalue weighted by atomic mass is 32.2. The summed E-state index contributed by atoms with van der Waals surface area (Å²) in [5, 5.41) is 3.30. The number of nitrogens with one attached hydrogen (secondary N) is 2. The van der Waals surface area contributed by atoms with E-state index >= 15 is 0 Å². The molecule has 4 rings (SSSR count). The molecule has 1 aliphatic heterocycles. The maximum atomic E-state index is 12.9. The van der Waals surface area contributed by atoms with Crippen LogP contribution in [0.5, 0.6) is 0 Å². The summed E-state index contributed by atoms with van der Waals surface area (Å²) >= 11 is 0. The number of hydrogen-bond acceptors (Lipinski definition) is 6. The highest BCUT2D eigenvalue weighted by Crippen LogP contribution is 2.34. The lowest BCUT2D eigenvalue weighted by atomic mass is 9.91. The largest absolute Gasteiger partial charge is 0.377 e. The van der Waals surface area contributed by atoms with Gasteiger partial charge in [0.25, 0.3) is 10.0 Å². The summed E-state index contributed by atoms with van der Waals surface area (Å²) in [5.74, 6) is -0.390. The van der Waals surface area contributed by atoms with E-state index in [2.05, 4.69) is 10.0 Å². The van der Waals surface area contributed by atoms with E-state index in [1.165, 1.54) is 25.1 Å². The Bertz CT molecular complexity index is 1430. The third-order valence-electron chi connectivity index (χ3n) is 5.96. The average Bonchev–Trinajstić information content (AvgIpc) is 2.83. The molecule has 1 aliphatic rings. The van der Waals surface area contributed by atoms with Gasteiger partial charge < -0.3 is 5.32 Å². The second kappa shape index (κ2) is 9.46. The molecule has 180 valence electrons. The van der Waals surface area contributed by atoms with Gasteiger partial charge in [0.15, 0.2) is 17.3 Å². The number of ketones is 3. The van der Waals surface area contributed by atoms with Crippen molar-refractivity contribution in [2.24, 2.45) is 5.92 Å². The van der Waals surface area contributed by atoms with E-state index in [1.807, 2.05) is 26.0 Å². The van der Waals surface area contributed by atoms with Crippen molar-refractivity contribution in [3.63, 3.8) is 0 Å². The number of hydrogen-bond donors (Lipinski definition) is 2.